The average Bonchev–Trinajstić information content (AvgIpc) is 3.23. The van der Waals surface area contributed by atoms with Crippen molar-refractivity contribution in [3.05, 3.63) is 48.6 Å². The molecule has 0 fully saturated rings. The van der Waals surface area contributed by atoms with Crippen molar-refractivity contribution in [2.45, 2.75) is 244 Å². The molecule has 8 nitrogen and oxygen atoms in total. The highest BCUT2D eigenvalue weighted by Gasteiger charge is 2.28. The third kappa shape index (κ3) is 46.5. The lowest BCUT2D eigenvalue weighted by atomic mass is 10.0. The molecule has 3 atom stereocenters. The zero-order chi connectivity index (χ0) is 45.7. The van der Waals surface area contributed by atoms with Gasteiger partial charge in [0.25, 0.3) is 0 Å². The number of aliphatic hydroxyl groups is 1. The van der Waals surface area contributed by atoms with Crippen LogP contribution >= 0.6 is 7.82 Å². The standard InChI is InChI=1S/C53H101N2O6P/c1-6-8-10-12-14-15-16-17-18-19-20-21-22-23-24-25-26-27-28-29-30-31-32-33-34-35-36-37-38-39-41-43-45-47-53(57)54-51(52(56)46-44-42-40-13-11-9-7-2)50-61-62(58,59)60-49-48-55(3,4)5/h8,10,14-15,17-18,20-21,51-52,56H,6-7,9,11-13,16,19,22-50H2,1-5H3,(H-,54,57,58,59)/p+1/b10-8-,15-14-,18-17-,21-20-. The van der Waals surface area contributed by atoms with Crippen molar-refractivity contribution in [2.75, 3.05) is 40.9 Å². The number of carbonyl (C=O) groups is 1. The molecule has 0 rings (SSSR count). The highest BCUT2D eigenvalue weighted by Crippen LogP contribution is 2.43. The van der Waals surface area contributed by atoms with Gasteiger partial charge in [-0.05, 0) is 51.4 Å². The van der Waals surface area contributed by atoms with E-state index in [1.807, 2.05) is 21.1 Å². The van der Waals surface area contributed by atoms with Gasteiger partial charge in [0.2, 0.25) is 5.91 Å². The van der Waals surface area contributed by atoms with Crippen molar-refractivity contribution < 1.29 is 32.9 Å². The lowest BCUT2D eigenvalue weighted by Gasteiger charge is -2.26. The van der Waals surface area contributed by atoms with Crippen LogP contribution in [0.2, 0.25) is 0 Å². The number of rotatable bonds is 47. The molecule has 0 heterocycles. The number of quaternary nitrogens is 1. The first kappa shape index (κ1) is 60.5. The Hall–Kier alpha value is -1.54. The minimum atomic E-state index is -4.30. The maximum absolute atomic E-state index is 12.9. The number of phosphoric acid groups is 1. The van der Waals surface area contributed by atoms with Crippen LogP contribution in [0.1, 0.15) is 232 Å². The van der Waals surface area contributed by atoms with Crippen molar-refractivity contribution in [2.24, 2.45) is 0 Å². The quantitative estimate of drug-likeness (QED) is 0.0243. The molecule has 0 saturated heterocycles. The van der Waals surface area contributed by atoms with Crippen molar-refractivity contribution in [1.82, 2.24) is 5.32 Å². The molecular weight excluding hydrogens is 792 g/mol. The van der Waals surface area contributed by atoms with E-state index in [4.69, 9.17) is 9.05 Å². The predicted molar refractivity (Wildman–Crippen MR) is 267 cm³/mol. The Balaban J connectivity index is 3.86. The third-order valence-corrected chi connectivity index (χ3v) is 12.6. The summed E-state index contributed by atoms with van der Waals surface area (Å²) in [4.78, 5) is 23.1. The first-order valence-electron chi connectivity index (χ1n) is 26.0. The van der Waals surface area contributed by atoms with Crippen LogP contribution in [0, 0.1) is 0 Å². The first-order valence-corrected chi connectivity index (χ1v) is 27.5. The number of amides is 1. The fourth-order valence-corrected chi connectivity index (χ4v) is 8.24. The Morgan fingerprint density at radius 2 is 0.968 bits per heavy atom. The molecule has 3 unspecified atom stereocenters. The highest BCUT2D eigenvalue weighted by molar-refractivity contribution is 7.47. The second kappa shape index (κ2) is 44.7. The number of nitrogens with one attached hydrogen (secondary N) is 1. The molecule has 3 N–H and O–H groups in total. The van der Waals surface area contributed by atoms with Crippen molar-refractivity contribution in [1.29, 1.82) is 0 Å². The van der Waals surface area contributed by atoms with E-state index in [1.165, 1.54) is 141 Å². The summed E-state index contributed by atoms with van der Waals surface area (Å²) in [5.41, 5.74) is 0. The van der Waals surface area contributed by atoms with Crippen LogP contribution in [0.5, 0.6) is 0 Å². The molecule has 0 aliphatic rings. The molecule has 0 spiro atoms. The fraction of sp³-hybridized carbons (Fsp3) is 0.830. The number of carbonyl (C=O) groups excluding carboxylic acids is 1. The Morgan fingerprint density at radius 1 is 0.565 bits per heavy atom. The number of unbranched alkanes of at least 4 members (excludes halogenated alkanes) is 26. The van der Waals surface area contributed by atoms with Crippen LogP contribution in [0.3, 0.4) is 0 Å². The molecular formula is C53H102N2O6P+. The number of hydrogen-bond donors (Lipinski definition) is 3. The Kier molecular flexibility index (Phi) is 43.5. The van der Waals surface area contributed by atoms with E-state index in [0.717, 1.165) is 64.2 Å². The van der Waals surface area contributed by atoms with Crippen LogP contribution in [0.25, 0.3) is 0 Å². The molecule has 0 radical (unpaired) electrons. The van der Waals surface area contributed by atoms with Gasteiger partial charge in [0, 0.05) is 6.42 Å². The van der Waals surface area contributed by atoms with Gasteiger partial charge in [0.1, 0.15) is 13.2 Å². The Labute approximate surface area is 384 Å². The number of likely N-dealkylation sites (N-methyl/N-ethyl adjacent to an activating group) is 1. The molecule has 9 heteroatoms. The first-order chi connectivity index (χ1) is 30.0. The number of hydrogen-bond acceptors (Lipinski definition) is 5. The smallest absolute Gasteiger partial charge is 0.391 e. The number of nitrogens with zero attached hydrogens (tertiary/aromatic N) is 1. The van der Waals surface area contributed by atoms with Gasteiger partial charge >= 0.3 is 7.82 Å². The third-order valence-electron chi connectivity index (χ3n) is 11.6. The molecule has 364 valence electrons. The number of allylic oxidation sites excluding steroid dienone is 8. The van der Waals surface area contributed by atoms with Crippen molar-refractivity contribution >= 4 is 13.7 Å². The van der Waals surface area contributed by atoms with Gasteiger partial charge in [-0.2, -0.15) is 0 Å². The largest absolute Gasteiger partial charge is 0.472 e. The highest BCUT2D eigenvalue weighted by atomic mass is 31.2. The zero-order valence-electron chi connectivity index (χ0n) is 41.4. The molecule has 0 bridgehead atoms. The summed E-state index contributed by atoms with van der Waals surface area (Å²) in [5.74, 6) is -0.147. The predicted octanol–water partition coefficient (Wildman–Crippen LogP) is 15.2. The summed E-state index contributed by atoms with van der Waals surface area (Å²) < 4.78 is 23.6. The summed E-state index contributed by atoms with van der Waals surface area (Å²) in [6, 6.07) is -0.756. The van der Waals surface area contributed by atoms with Gasteiger partial charge in [-0.3, -0.25) is 13.8 Å². The van der Waals surface area contributed by atoms with E-state index in [0.29, 0.717) is 23.9 Å². The summed E-state index contributed by atoms with van der Waals surface area (Å²) >= 11 is 0. The van der Waals surface area contributed by atoms with E-state index in [-0.39, 0.29) is 19.1 Å². The molecule has 0 aliphatic carbocycles. The summed E-state index contributed by atoms with van der Waals surface area (Å²) in [6.07, 6.45) is 57.7. The van der Waals surface area contributed by atoms with Gasteiger partial charge < -0.3 is 19.8 Å². The van der Waals surface area contributed by atoms with Gasteiger partial charge in [0.05, 0.1) is 39.9 Å². The number of aliphatic hydroxyl groups excluding tert-OH is 1. The molecule has 0 aromatic rings. The normalized spacial score (nSPS) is 14.5. The maximum atomic E-state index is 12.9. The Morgan fingerprint density at radius 3 is 1.42 bits per heavy atom. The van der Waals surface area contributed by atoms with Gasteiger partial charge in [0.15, 0.2) is 0 Å². The molecule has 62 heavy (non-hydrogen) atoms. The monoisotopic (exact) mass is 894 g/mol. The second-order valence-electron chi connectivity index (χ2n) is 18.9. The minimum absolute atomic E-state index is 0.0748. The minimum Gasteiger partial charge on any atom is -0.391 e. The van der Waals surface area contributed by atoms with E-state index < -0.39 is 20.0 Å². The average molecular weight is 894 g/mol. The lowest BCUT2D eigenvalue weighted by molar-refractivity contribution is -0.870. The molecule has 0 aliphatic heterocycles. The van der Waals surface area contributed by atoms with Crippen molar-refractivity contribution in [3.8, 4) is 0 Å². The van der Waals surface area contributed by atoms with Crippen LogP contribution in [0.4, 0.5) is 0 Å². The van der Waals surface area contributed by atoms with E-state index >= 15 is 0 Å². The summed E-state index contributed by atoms with van der Waals surface area (Å²) in [5, 5.41) is 13.9. The molecule has 0 aromatic carbocycles. The van der Waals surface area contributed by atoms with Gasteiger partial charge in [-0.15, -0.1) is 0 Å². The van der Waals surface area contributed by atoms with Gasteiger partial charge in [-0.25, -0.2) is 4.57 Å². The lowest BCUT2D eigenvalue weighted by Crippen LogP contribution is -2.46. The molecule has 0 saturated carbocycles. The van der Waals surface area contributed by atoms with E-state index in [2.05, 4.69) is 67.8 Å². The summed E-state index contributed by atoms with van der Waals surface area (Å²) in [7, 11) is 1.62. The fourth-order valence-electron chi connectivity index (χ4n) is 7.51. The second-order valence-corrected chi connectivity index (χ2v) is 20.3. The SMILES string of the molecule is CC/C=C\C/C=C\C/C=C\C/C=C\CCCCCCCCCCCCCCCCCCCCCCC(=O)NC(COP(=O)(O)OCC[N+](C)(C)C)C(O)CCCCCCCCC. The van der Waals surface area contributed by atoms with Crippen molar-refractivity contribution in [3.63, 3.8) is 0 Å². The molecule has 1 amide bonds. The molecule has 0 aromatic heterocycles. The van der Waals surface area contributed by atoms with E-state index in [9.17, 15) is 19.4 Å². The topological polar surface area (TPSA) is 105 Å². The maximum Gasteiger partial charge on any atom is 0.472 e. The number of phosphoric ester groups is 1. The van der Waals surface area contributed by atoms with Gasteiger partial charge in [-0.1, -0.05) is 223 Å². The Bertz CT molecular complexity index is 1150. The van der Waals surface area contributed by atoms with Crippen LogP contribution in [-0.2, 0) is 18.4 Å². The summed E-state index contributed by atoms with van der Waals surface area (Å²) in [6.45, 7) is 4.73. The zero-order valence-corrected chi connectivity index (χ0v) is 42.3. The van der Waals surface area contributed by atoms with E-state index in [1.54, 1.807) is 0 Å². The van der Waals surface area contributed by atoms with Crippen LogP contribution in [0.15, 0.2) is 48.6 Å². The van der Waals surface area contributed by atoms with Crippen LogP contribution < -0.4 is 5.32 Å². The van der Waals surface area contributed by atoms with Crippen LogP contribution in [-0.4, -0.2) is 73.4 Å².